The van der Waals surface area contributed by atoms with Gasteiger partial charge in [0.1, 0.15) is 17.5 Å². The van der Waals surface area contributed by atoms with Crippen LogP contribution in [0.25, 0.3) is 11.3 Å². The number of ether oxygens (including phenoxy) is 1. The first-order valence-electron chi connectivity index (χ1n) is 8.44. The van der Waals surface area contributed by atoms with Gasteiger partial charge in [0.15, 0.2) is 0 Å². The molecule has 1 aromatic carbocycles. The highest BCUT2D eigenvalue weighted by atomic mass is 16.5. The maximum absolute atomic E-state index is 12.8. The summed E-state index contributed by atoms with van der Waals surface area (Å²) in [4.78, 5) is 30.7. The molecule has 1 fully saturated rings. The number of hydrogen-bond acceptors (Lipinski definition) is 5. The monoisotopic (exact) mass is 355 g/mol. The Morgan fingerprint density at radius 2 is 2.12 bits per heavy atom. The predicted molar refractivity (Wildman–Crippen MR) is 95.8 cm³/mol. The van der Waals surface area contributed by atoms with Gasteiger partial charge in [0.05, 0.1) is 7.11 Å². The highest BCUT2D eigenvalue weighted by Crippen LogP contribution is 2.27. The van der Waals surface area contributed by atoms with Crippen molar-refractivity contribution in [1.29, 1.82) is 0 Å². The molecule has 7 nitrogen and oxygen atoms in total. The number of methoxy groups -OCH3 is 1. The van der Waals surface area contributed by atoms with Crippen LogP contribution in [-0.2, 0) is 4.79 Å². The van der Waals surface area contributed by atoms with Crippen LogP contribution in [0.15, 0.2) is 42.6 Å². The van der Waals surface area contributed by atoms with Gasteiger partial charge in [-0.1, -0.05) is 12.1 Å². The molecule has 26 heavy (non-hydrogen) atoms. The summed E-state index contributed by atoms with van der Waals surface area (Å²) in [6.45, 7) is 0.682. The molecule has 3 rings (SSSR count). The molecule has 1 aliphatic heterocycles. The molecule has 136 valence electrons. The van der Waals surface area contributed by atoms with Crippen molar-refractivity contribution in [3.05, 3.63) is 48.2 Å². The number of aliphatic hydroxyl groups is 1. The molecule has 0 radical (unpaired) electrons. The normalized spacial score (nSPS) is 16.9. The smallest absolute Gasteiger partial charge is 0.254 e. The van der Waals surface area contributed by atoms with Crippen LogP contribution in [0.4, 0.5) is 0 Å². The van der Waals surface area contributed by atoms with Gasteiger partial charge in [-0.15, -0.1) is 0 Å². The number of aliphatic hydroxyl groups excluding tert-OH is 1. The van der Waals surface area contributed by atoms with E-state index in [1.807, 2.05) is 18.2 Å². The number of carbonyl (C=O) groups excluding carboxylic acids is 2. The fraction of sp³-hybridized carbons (Fsp3) is 0.316. The summed E-state index contributed by atoms with van der Waals surface area (Å²) in [7, 11) is 1.58. The van der Waals surface area contributed by atoms with Crippen molar-refractivity contribution in [1.82, 2.24) is 15.2 Å². The van der Waals surface area contributed by atoms with Crippen molar-refractivity contribution in [2.75, 3.05) is 26.8 Å². The second-order valence-electron chi connectivity index (χ2n) is 5.95. The number of carbonyl (C=O) groups is 2. The van der Waals surface area contributed by atoms with E-state index in [0.29, 0.717) is 30.1 Å². The van der Waals surface area contributed by atoms with E-state index in [4.69, 9.17) is 4.74 Å². The van der Waals surface area contributed by atoms with Crippen LogP contribution in [0.3, 0.4) is 0 Å². The molecule has 0 saturated carbocycles. The Balaban J connectivity index is 1.83. The molecule has 0 aliphatic carbocycles. The zero-order valence-electron chi connectivity index (χ0n) is 14.5. The summed E-state index contributed by atoms with van der Waals surface area (Å²) in [6.07, 6.45) is 1.91. The minimum absolute atomic E-state index is 0.153. The van der Waals surface area contributed by atoms with Gasteiger partial charge in [0.25, 0.3) is 5.91 Å². The average Bonchev–Trinajstić information content (AvgIpc) is 2.69. The topological polar surface area (TPSA) is 91.8 Å². The fourth-order valence-corrected chi connectivity index (χ4v) is 3.08. The van der Waals surface area contributed by atoms with Gasteiger partial charge in [-0.3, -0.25) is 14.6 Å². The summed E-state index contributed by atoms with van der Waals surface area (Å²) >= 11 is 0. The number of hydrogen-bond donors (Lipinski definition) is 2. The van der Waals surface area contributed by atoms with Crippen molar-refractivity contribution in [2.45, 2.75) is 12.5 Å². The Hall–Kier alpha value is -2.93. The highest BCUT2D eigenvalue weighted by Gasteiger charge is 2.32. The standard InChI is InChI=1S/C19H21N3O4/c1-26-16-3-2-9-20-17(16)13-4-6-14(7-5-13)19(25)22-11-10-21-18(24)15(22)8-12-23/h2-7,9,15,23H,8,10-12H2,1H3,(H,21,24)/t15-/m1/s1. The third-order valence-corrected chi connectivity index (χ3v) is 4.39. The maximum Gasteiger partial charge on any atom is 0.254 e. The molecule has 2 aromatic rings. The summed E-state index contributed by atoms with van der Waals surface area (Å²) in [5.41, 5.74) is 2.02. The van der Waals surface area contributed by atoms with Gasteiger partial charge in [0.2, 0.25) is 5.91 Å². The summed E-state index contributed by atoms with van der Waals surface area (Å²) < 4.78 is 5.32. The van der Waals surface area contributed by atoms with Crippen LogP contribution < -0.4 is 10.1 Å². The van der Waals surface area contributed by atoms with Gasteiger partial charge in [-0.05, 0) is 30.7 Å². The SMILES string of the molecule is COc1cccnc1-c1ccc(C(=O)N2CCNC(=O)[C@H]2CCO)cc1. The number of pyridine rings is 1. The van der Waals surface area contributed by atoms with Crippen LogP contribution in [0.5, 0.6) is 5.75 Å². The Kier molecular flexibility index (Phi) is 5.48. The lowest BCUT2D eigenvalue weighted by Gasteiger charge is -2.34. The first kappa shape index (κ1) is 17.9. The zero-order valence-corrected chi connectivity index (χ0v) is 14.5. The molecule has 0 spiro atoms. The lowest BCUT2D eigenvalue weighted by Crippen LogP contribution is -2.57. The van der Waals surface area contributed by atoms with Crippen molar-refractivity contribution in [3.63, 3.8) is 0 Å². The van der Waals surface area contributed by atoms with Gasteiger partial charge in [-0.25, -0.2) is 0 Å². The molecule has 0 bridgehead atoms. The number of aromatic nitrogens is 1. The van der Waals surface area contributed by atoms with Crippen LogP contribution in [-0.4, -0.2) is 59.7 Å². The van der Waals surface area contributed by atoms with Crippen LogP contribution >= 0.6 is 0 Å². The Morgan fingerprint density at radius 3 is 2.81 bits per heavy atom. The van der Waals surface area contributed by atoms with E-state index >= 15 is 0 Å². The maximum atomic E-state index is 12.8. The molecule has 0 unspecified atom stereocenters. The number of piperazine rings is 1. The summed E-state index contributed by atoms with van der Waals surface area (Å²) in [5, 5.41) is 11.9. The van der Waals surface area contributed by atoms with Gasteiger partial charge < -0.3 is 20.1 Å². The van der Waals surface area contributed by atoms with Gasteiger partial charge in [0, 0.05) is 37.0 Å². The van der Waals surface area contributed by atoms with E-state index in [9.17, 15) is 14.7 Å². The van der Waals surface area contributed by atoms with E-state index in [-0.39, 0.29) is 24.8 Å². The lowest BCUT2D eigenvalue weighted by atomic mass is 10.0. The van der Waals surface area contributed by atoms with Crippen LogP contribution in [0, 0.1) is 0 Å². The number of benzene rings is 1. The second-order valence-corrected chi connectivity index (χ2v) is 5.95. The third kappa shape index (κ3) is 3.52. The molecule has 7 heteroatoms. The Bertz CT molecular complexity index is 792. The quantitative estimate of drug-likeness (QED) is 0.837. The van der Waals surface area contributed by atoms with Crippen molar-refractivity contribution < 1.29 is 19.4 Å². The lowest BCUT2D eigenvalue weighted by molar-refractivity contribution is -0.128. The number of amides is 2. The largest absolute Gasteiger partial charge is 0.494 e. The third-order valence-electron chi connectivity index (χ3n) is 4.39. The van der Waals surface area contributed by atoms with Crippen molar-refractivity contribution in [2.24, 2.45) is 0 Å². The van der Waals surface area contributed by atoms with E-state index in [2.05, 4.69) is 10.3 Å². The van der Waals surface area contributed by atoms with Crippen LogP contribution in [0.1, 0.15) is 16.8 Å². The molecule has 2 heterocycles. The highest BCUT2D eigenvalue weighted by molar-refractivity contribution is 5.98. The Morgan fingerprint density at radius 1 is 1.35 bits per heavy atom. The van der Waals surface area contributed by atoms with Crippen molar-refractivity contribution >= 4 is 11.8 Å². The summed E-state index contributed by atoms with van der Waals surface area (Å²) in [5.74, 6) is 0.202. The van der Waals surface area contributed by atoms with E-state index in [1.165, 1.54) is 4.90 Å². The van der Waals surface area contributed by atoms with Gasteiger partial charge >= 0.3 is 0 Å². The molecule has 1 aromatic heterocycles. The number of nitrogens with zero attached hydrogens (tertiary/aromatic N) is 2. The first-order valence-corrected chi connectivity index (χ1v) is 8.44. The number of nitrogens with one attached hydrogen (secondary N) is 1. The van der Waals surface area contributed by atoms with Gasteiger partial charge in [-0.2, -0.15) is 0 Å². The van der Waals surface area contributed by atoms with E-state index < -0.39 is 6.04 Å². The Labute approximate surface area is 151 Å². The minimum Gasteiger partial charge on any atom is -0.494 e. The molecular weight excluding hydrogens is 334 g/mol. The minimum atomic E-state index is -0.642. The van der Waals surface area contributed by atoms with E-state index in [1.54, 1.807) is 31.5 Å². The van der Waals surface area contributed by atoms with Crippen LogP contribution in [0.2, 0.25) is 0 Å². The number of rotatable bonds is 5. The molecule has 2 amide bonds. The molecule has 2 N–H and O–H groups in total. The fourth-order valence-electron chi connectivity index (χ4n) is 3.08. The second kappa shape index (κ2) is 7.97. The molecule has 1 aliphatic rings. The molecule has 1 saturated heterocycles. The average molecular weight is 355 g/mol. The van der Waals surface area contributed by atoms with E-state index in [0.717, 1.165) is 5.56 Å². The molecule has 1 atom stereocenters. The molecular formula is C19H21N3O4. The summed E-state index contributed by atoms with van der Waals surface area (Å²) in [6, 6.07) is 10.0. The predicted octanol–water partition coefficient (Wildman–Crippen LogP) is 1.08. The zero-order chi connectivity index (χ0) is 18.5. The van der Waals surface area contributed by atoms with Crippen molar-refractivity contribution in [3.8, 4) is 17.0 Å². The first-order chi connectivity index (χ1) is 12.7.